The van der Waals surface area contributed by atoms with Crippen LogP contribution in [0.25, 0.3) is 0 Å². The molecule has 1 aromatic rings. The van der Waals surface area contributed by atoms with Gasteiger partial charge in [0.05, 0.1) is 11.3 Å². The van der Waals surface area contributed by atoms with E-state index in [0.717, 1.165) is 0 Å². The summed E-state index contributed by atoms with van der Waals surface area (Å²) in [5.41, 5.74) is 3.02. The first-order valence-electron chi connectivity index (χ1n) is 6.43. The van der Waals surface area contributed by atoms with Crippen molar-refractivity contribution in [1.82, 2.24) is 10.6 Å². The molecule has 0 saturated heterocycles. The molecule has 0 saturated carbocycles. The summed E-state index contributed by atoms with van der Waals surface area (Å²) in [7, 11) is 0. The van der Waals surface area contributed by atoms with Crippen LogP contribution in [0.5, 0.6) is 0 Å². The number of amides is 2. The number of nitrogen functional groups attached to an aromatic ring is 1. The largest absolute Gasteiger partial charge is 0.350 e. The summed E-state index contributed by atoms with van der Waals surface area (Å²) in [5, 5.41) is 5.46. The number of rotatable bonds is 4. The molecule has 6 heteroatoms. The third kappa shape index (κ3) is 4.55. The van der Waals surface area contributed by atoms with Crippen LogP contribution in [0.3, 0.4) is 0 Å². The zero-order valence-electron chi connectivity index (χ0n) is 12.3. The SMILES string of the molecule is CC(NC(=O)c1ccccc1NN)C(=O)NC(C)(C)C. The minimum Gasteiger partial charge on any atom is -0.350 e. The number of nitrogens with one attached hydrogen (secondary N) is 3. The molecule has 0 aliphatic heterocycles. The summed E-state index contributed by atoms with van der Waals surface area (Å²) in [6, 6.07) is 6.19. The topological polar surface area (TPSA) is 96.2 Å². The van der Waals surface area contributed by atoms with Gasteiger partial charge in [-0.1, -0.05) is 12.1 Å². The highest BCUT2D eigenvalue weighted by molar-refractivity contribution is 6.01. The first-order chi connectivity index (χ1) is 9.24. The monoisotopic (exact) mass is 278 g/mol. The third-order valence-electron chi connectivity index (χ3n) is 2.57. The zero-order valence-corrected chi connectivity index (χ0v) is 12.3. The number of hydrogen-bond donors (Lipinski definition) is 4. The van der Waals surface area contributed by atoms with Crippen molar-refractivity contribution < 1.29 is 9.59 Å². The van der Waals surface area contributed by atoms with Crippen molar-refractivity contribution in [2.24, 2.45) is 5.84 Å². The highest BCUT2D eigenvalue weighted by atomic mass is 16.2. The summed E-state index contributed by atoms with van der Waals surface area (Å²) in [4.78, 5) is 24.0. The van der Waals surface area contributed by atoms with Gasteiger partial charge in [0, 0.05) is 5.54 Å². The van der Waals surface area contributed by atoms with E-state index in [0.29, 0.717) is 11.3 Å². The van der Waals surface area contributed by atoms with E-state index in [9.17, 15) is 9.59 Å². The molecule has 2 amide bonds. The quantitative estimate of drug-likeness (QED) is 0.488. The van der Waals surface area contributed by atoms with Crippen LogP contribution in [0, 0.1) is 0 Å². The van der Waals surface area contributed by atoms with Gasteiger partial charge in [-0.2, -0.15) is 0 Å². The second kappa shape index (κ2) is 6.38. The normalized spacial score (nSPS) is 12.4. The number of nitrogens with two attached hydrogens (primary N) is 1. The molecular formula is C14H22N4O2. The van der Waals surface area contributed by atoms with Crippen LogP contribution >= 0.6 is 0 Å². The first kappa shape index (κ1) is 16.0. The van der Waals surface area contributed by atoms with Crippen LogP contribution in [-0.2, 0) is 4.79 Å². The fourth-order valence-corrected chi connectivity index (χ4v) is 1.62. The van der Waals surface area contributed by atoms with Crippen LogP contribution in [0.15, 0.2) is 24.3 Å². The average molecular weight is 278 g/mol. The van der Waals surface area contributed by atoms with Crippen molar-refractivity contribution in [3.05, 3.63) is 29.8 Å². The molecule has 5 N–H and O–H groups in total. The van der Waals surface area contributed by atoms with Crippen molar-refractivity contribution >= 4 is 17.5 Å². The number of hydrogen-bond acceptors (Lipinski definition) is 4. The Hall–Kier alpha value is -2.08. The molecule has 1 rings (SSSR count). The Labute approximate surface area is 119 Å². The lowest BCUT2D eigenvalue weighted by Crippen LogP contribution is -2.50. The molecule has 1 aromatic carbocycles. The summed E-state index contributed by atoms with van der Waals surface area (Å²) in [6.45, 7) is 7.28. The molecule has 1 atom stereocenters. The molecule has 0 heterocycles. The number of para-hydroxylation sites is 1. The Morgan fingerprint density at radius 1 is 1.20 bits per heavy atom. The van der Waals surface area contributed by atoms with Crippen LogP contribution < -0.4 is 21.9 Å². The third-order valence-corrected chi connectivity index (χ3v) is 2.57. The molecule has 0 aliphatic carbocycles. The van der Waals surface area contributed by atoms with Gasteiger partial charge in [-0.3, -0.25) is 15.4 Å². The van der Waals surface area contributed by atoms with Gasteiger partial charge in [-0.15, -0.1) is 0 Å². The molecule has 0 fully saturated rings. The minimum atomic E-state index is -0.632. The number of carbonyl (C=O) groups excluding carboxylic acids is 2. The molecule has 20 heavy (non-hydrogen) atoms. The lowest BCUT2D eigenvalue weighted by molar-refractivity contribution is -0.124. The molecule has 0 aliphatic rings. The van der Waals surface area contributed by atoms with Gasteiger partial charge in [0.2, 0.25) is 5.91 Å². The number of anilines is 1. The lowest BCUT2D eigenvalue weighted by Gasteiger charge is -2.23. The number of benzene rings is 1. The van der Waals surface area contributed by atoms with Crippen molar-refractivity contribution in [2.45, 2.75) is 39.3 Å². The summed E-state index contributed by atoms with van der Waals surface area (Å²) in [6.07, 6.45) is 0. The van der Waals surface area contributed by atoms with Crippen molar-refractivity contribution in [3.8, 4) is 0 Å². The second-order valence-corrected chi connectivity index (χ2v) is 5.62. The minimum absolute atomic E-state index is 0.232. The molecule has 1 unspecified atom stereocenters. The standard InChI is InChI=1S/C14H22N4O2/c1-9(12(19)17-14(2,3)4)16-13(20)10-7-5-6-8-11(10)18-15/h5-9,18H,15H2,1-4H3,(H,16,20)(H,17,19). The van der Waals surface area contributed by atoms with Crippen molar-refractivity contribution in [3.63, 3.8) is 0 Å². The van der Waals surface area contributed by atoms with Crippen molar-refractivity contribution in [2.75, 3.05) is 5.43 Å². The predicted molar refractivity (Wildman–Crippen MR) is 79.1 cm³/mol. The molecule has 110 valence electrons. The molecule has 6 nitrogen and oxygen atoms in total. The Balaban J connectivity index is 2.73. The van der Waals surface area contributed by atoms with E-state index in [2.05, 4.69) is 16.1 Å². The van der Waals surface area contributed by atoms with E-state index >= 15 is 0 Å². The van der Waals surface area contributed by atoms with Crippen LogP contribution in [0.2, 0.25) is 0 Å². The van der Waals surface area contributed by atoms with E-state index in [-0.39, 0.29) is 17.4 Å². The Morgan fingerprint density at radius 2 is 1.80 bits per heavy atom. The maximum Gasteiger partial charge on any atom is 0.254 e. The molecular weight excluding hydrogens is 256 g/mol. The number of hydrazine groups is 1. The summed E-state index contributed by atoms with van der Waals surface area (Å²) >= 11 is 0. The van der Waals surface area contributed by atoms with Gasteiger partial charge < -0.3 is 16.1 Å². The van der Waals surface area contributed by atoms with Gasteiger partial charge in [-0.05, 0) is 39.8 Å². The van der Waals surface area contributed by atoms with Crippen LogP contribution in [0.1, 0.15) is 38.1 Å². The Morgan fingerprint density at radius 3 is 2.35 bits per heavy atom. The first-order valence-corrected chi connectivity index (χ1v) is 6.43. The Kier molecular flexibility index (Phi) is 5.10. The summed E-state index contributed by atoms with van der Waals surface area (Å²) in [5.74, 6) is 4.77. The van der Waals surface area contributed by atoms with Crippen LogP contribution in [0.4, 0.5) is 5.69 Å². The number of carbonyl (C=O) groups is 2. The van der Waals surface area contributed by atoms with Gasteiger partial charge in [0.25, 0.3) is 5.91 Å². The van der Waals surface area contributed by atoms with Crippen LogP contribution in [-0.4, -0.2) is 23.4 Å². The van der Waals surface area contributed by atoms with Gasteiger partial charge in [-0.25, -0.2) is 0 Å². The van der Waals surface area contributed by atoms with E-state index in [1.807, 2.05) is 20.8 Å². The smallest absolute Gasteiger partial charge is 0.254 e. The molecule has 0 radical (unpaired) electrons. The van der Waals surface area contributed by atoms with Gasteiger partial charge in [0.15, 0.2) is 0 Å². The predicted octanol–water partition coefficient (Wildman–Crippen LogP) is 1.01. The zero-order chi connectivity index (χ0) is 15.3. The maximum absolute atomic E-state index is 12.1. The molecule has 0 aromatic heterocycles. The van der Waals surface area contributed by atoms with E-state index < -0.39 is 6.04 Å². The second-order valence-electron chi connectivity index (χ2n) is 5.62. The fraction of sp³-hybridized carbons (Fsp3) is 0.429. The van der Waals surface area contributed by atoms with Gasteiger partial charge in [0.1, 0.15) is 6.04 Å². The van der Waals surface area contributed by atoms with E-state index in [1.54, 1.807) is 31.2 Å². The highest BCUT2D eigenvalue weighted by Crippen LogP contribution is 2.13. The maximum atomic E-state index is 12.1. The van der Waals surface area contributed by atoms with Crippen molar-refractivity contribution in [1.29, 1.82) is 0 Å². The molecule has 0 spiro atoms. The van der Waals surface area contributed by atoms with Gasteiger partial charge >= 0.3 is 0 Å². The Bertz CT molecular complexity index is 494. The van der Waals surface area contributed by atoms with E-state index in [1.165, 1.54) is 0 Å². The molecule has 0 bridgehead atoms. The fourth-order valence-electron chi connectivity index (χ4n) is 1.62. The lowest BCUT2D eigenvalue weighted by atomic mass is 10.1. The summed E-state index contributed by atoms with van der Waals surface area (Å²) < 4.78 is 0. The van der Waals surface area contributed by atoms with E-state index in [4.69, 9.17) is 5.84 Å². The highest BCUT2D eigenvalue weighted by Gasteiger charge is 2.21. The average Bonchev–Trinajstić information content (AvgIpc) is 2.36.